The maximum absolute atomic E-state index is 11.7. The van der Waals surface area contributed by atoms with E-state index in [2.05, 4.69) is 0 Å². The molecule has 0 aromatic heterocycles. The van der Waals surface area contributed by atoms with Crippen molar-refractivity contribution in [3.8, 4) is 0 Å². The number of hydrogen-bond donors (Lipinski definition) is 0. The van der Waals surface area contributed by atoms with Crippen LogP contribution in [-0.2, 0) is 19.0 Å². The molecule has 0 saturated heterocycles. The van der Waals surface area contributed by atoms with Crippen molar-refractivity contribution in [1.82, 2.24) is 0 Å². The first-order chi connectivity index (χ1) is 13.6. The molecular formula is C18H20N2O8S. The zero-order chi connectivity index (χ0) is 21.6. The molecule has 0 heterocycles. The van der Waals surface area contributed by atoms with Gasteiger partial charge in [-0.05, 0) is 48.2 Å². The Morgan fingerprint density at radius 3 is 1.55 bits per heavy atom. The van der Waals surface area contributed by atoms with Gasteiger partial charge in [-0.3, -0.25) is 24.4 Å². The Labute approximate surface area is 167 Å². The number of hydrogen-bond acceptors (Lipinski definition) is 8. The topological polar surface area (TPSA) is 139 Å². The number of nitrogens with zero attached hydrogens (tertiary/aromatic N) is 2. The molecule has 0 aliphatic carbocycles. The first-order valence-corrected chi connectivity index (χ1v) is 10.3. The van der Waals surface area contributed by atoms with Crippen molar-refractivity contribution in [1.29, 1.82) is 0 Å². The van der Waals surface area contributed by atoms with E-state index in [1.165, 1.54) is 43.5 Å². The highest BCUT2D eigenvalue weighted by atomic mass is 32.2. The Hall–Kier alpha value is -2.89. The summed E-state index contributed by atoms with van der Waals surface area (Å²) < 4.78 is 33.9. The van der Waals surface area contributed by atoms with Gasteiger partial charge in [0.2, 0.25) is 0 Å². The Bertz CT molecular complexity index is 958. The van der Waals surface area contributed by atoms with Crippen LogP contribution in [0.4, 0.5) is 11.4 Å². The highest BCUT2D eigenvalue weighted by Gasteiger charge is 2.22. The molecule has 0 aliphatic rings. The molecule has 0 aliphatic heterocycles. The summed E-state index contributed by atoms with van der Waals surface area (Å²) in [5.41, 5.74) is 1.000. The summed E-state index contributed by atoms with van der Waals surface area (Å²) in [6.07, 6.45) is 0.211. The van der Waals surface area contributed by atoms with E-state index in [1.807, 2.05) is 0 Å². The van der Waals surface area contributed by atoms with E-state index in [-0.39, 0.29) is 17.8 Å². The standard InChI is InChI=1S/C18H20N2O8S/c1-27-17(13-3-7-15(8-4-13)19(21)22)11-12-18(28-29(2,25)26)14-5-9-16(10-6-14)20(23)24/h3-10,17-18H,11-12H2,1-2H3. The number of nitro benzene ring substituents is 2. The summed E-state index contributed by atoms with van der Waals surface area (Å²) in [6.45, 7) is 0. The molecule has 0 spiro atoms. The molecule has 0 N–H and O–H groups in total. The summed E-state index contributed by atoms with van der Waals surface area (Å²) in [7, 11) is -2.31. The van der Waals surface area contributed by atoms with Crippen molar-refractivity contribution in [2.24, 2.45) is 0 Å². The first kappa shape index (κ1) is 22.4. The minimum atomic E-state index is -3.78. The second-order valence-corrected chi connectivity index (χ2v) is 7.89. The van der Waals surface area contributed by atoms with Crippen LogP contribution in [0.3, 0.4) is 0 Å². The number of methoxy groups -OCH3 is 1. The van der Waals surface area contributed by atoms with Crippen LogP contribution < -0.4 is 0 Å². The average molecular weight is 424 g/mol. The minimum absolute atomic E-state index is 0.0484. The fraction of sp³-hybridized carbons (Fsp3) is 0.333. The molecule has 2 atom stereocenters. The van der Waals surface area contributed by atoms with Crippen LogP contribution in [-0.4, -0.2) is 31.6 Å². The van der Waals surface area contributed by atoms with Gasteiger partial charge in [0.1, 0.15) is 6.10 Å². The lowest BCUT2D eigenvalue weighted by atomic mass is 9.99. The predicted octanol–water partition coefficient (Wildman–Crippen LogP) is 3.69. The molecule has 0 saturated carbocycles. The molecule has 0 fully saturated rings. The maximum Gasteiger partial charge on any atom is 0.269 e. The average Bonchev–Trinajstić information content (AvgIpc) is 2.67. The lowest BCUT2D eigenvalue weighted by Gasteiger charge is -2.21. The van der Waals surface area contributed by atoms with Crippen molar-refractivity contribution in [2.45, 2.75) is 25.0 Å². The Kier molecular flexibility index (Phi) is 7.37. The second kappa shape index (κ2) is 9.54. The zero-order valence-corrected chi connectivity index (χ0v) is 16.6. The van der Waals surface area contributed by atoms with Crippen molar-refractivity contribution < 1.29 is 27.2 Å². The van der Waals surface area contributed by atoms with Crippen LogP contribution >= 0.6 is 0 Å². The van der Waals surface area contributed by atoms with E-state index in [1.54, 1.807) is 12.1 Å². The molecule has 2 aromatic rings. The van der Waals surface area contributed by atoms with Gasteiger partial charge in [-0.1, -0.05) is 0 Å². The molecule has 2 unspecified atom stereocenters. The molecule has 0 bridgehead atoms. The Balaban J connectivity index is 2.18. The van der Waals surface area contributed by atoms with Crippen LogP contribution in [0.5, 0.6) is 0 Å². The second-order valence-electron chi connectivity index (χ2n) is 6.29. The SMILES string of the molecule is COC(CCC(OS(C)(=O)=O)c1ccc([N+](=O)[O-])cc1)c1ccc([N+](=O)[O-])cc1. The van der Waals surface area contributed by atoms with E-state index < -0.39 is 32.2 Å². The van der Waals surface area contributed by atoms with Crippen LogP contribution in [0, 0.1) is 20.2 Å². The van der Waals surface area contributed by atoms with E-state index in [0.29, 0.717) is 17.5 Å². The zero-order valence-electron chi connectivity index (χ0n) is 15.8. The lowest BCUT2D eigenvalue weighted by molar-refractivity contribution is -0.385. The van der Waals surface area contributed by atoms with Gasteiger partial charge in [-0.2, -0.15) is 8.42 Å². The molecule has 0 radical (unpaired) electrons. The number of non-ortho nitro benzene ring substituents is 2. The van der Waals surface area contributed by atoms with Gasteiger partial charge in [0.25, 0.3) is 21.5 Å². The minimum Gasteiger partial charge on any atom is -0.377 e. The van der Waals surface area contributed by atoms with Gasteiger partial charge >= 0.3 is 0 Å². The lowest BCUT2D eigenvalue weighted by Crippen LogP contribution is -2.13. The Morgan fingerprint density at radius 2 is 1.21 bits per heavy atom. The molecule has 11 heteroatoms. The van der Waals surface area contributed by atoms with Gasteiger partial charge in [0, 0.05) is 31.4 Å². The number of ether oxygens (including phenoxy) is 1. The molecule has 10 nitrogen and oxygen atoms in total. The van der Waals surface area contributed by atoms with E-state index in [0.717, 1.165) is 6.26 Å². The van der Waals surface area contributed by atoms with Crippen molar-refractivity contribution in [2.75, 3.05) is 13.4 Å². The molecule has 29 heavy (non-hydrogen) atoms. The smallest absolute Gasteiger partial charge is 0.269 e. The van der Waals surface area contributed by atoms with Crippen LogP contribution in [0.15, 0.2) is 48.5 Å². The van der Waals surface area contributed by atoms with Gasteiger partial charge in [0.05, 0.1) is 22.2 Å². The van der Waals surface area contributed by atoms with Crippen LogP contribution in [0.25, 0.3) is 0 Å². The molecule has 2 aromatic carbocycles. The number of nitro groups is 2. The predicted molar refractivity (Wildman–Crippen MR) is 104 cm³/mol. The third-order valence-electron chi connectivity index (χ3n) is 4.22. The fourth-order valence-electron chi connectivity index (χ4n) is 2.83. The summed E-state index contributed by atoms with van der Waals surface area (Å²) in [4.78, 5) is 20.5. The highest BCUT2D eigenvalue weighted by Crippen LogP contribution is 2.32. The van der Waals surface area contributed by atoms with Gasteiger partial charge in [-0.15, -0.1) is 0 Å². The summed E-state index contributed by atoms with van der Waals surface area (Å²) in [5.74, 6) is 0. The highest BCUT2D eigenvalue weighted by molar-refractivity contribution is 7.86. The third-order valence-corrected chi connectivity index (χ3v) is 4.80. The van der Waals surface area contributed by atoms with E-state index in [9.17, 15) is 28.6 Å². The van der Waals surface area contributed by atoms with Crippen LogP contribution in [0.1, 0.15) is 36.2 Å². The van der Waals surface area contributed by atoms with Gasteiger partial charge in [-0.25, -0.2) is 0 Å². The Morgan fingerprint density at radius 1 is 0.828 bits per heavy atom. The van der Waals surface area contributed by atoms with Gasteiger partial charge in [0.15, 0.2) is 0 Å². The monoisotopic (exact) mass is 424 g/mol. The number of rotatable bonds is 10. The van der Waals surface area contributed by atoms with Gasteiger partial charge < -0.3 is 4.74 Å². The van der Waals surface area contributed by atoms with Crippen molar-refractivity contribution in [3.63, 3.8) is 0 Å². The number of benzene rings is 2. The first-order valence-electron chi connectivity index (χ1n) is 8.50. The fourth-order valence-corrected chi connectivity index (χ4v) is 3.46. The molecule has 0 amide bonds. The summed E-state index contributed by atoms with van der Waals surface area (Å²) in [6, 6.07) is 11.3. The summed E-state index contributed by atoms with van der Waals surface area (Å²) >= 11 is 0. The van der Waals surface area contributed by atoms with Crippen LogP contribution in [0.2, 0.25) is 0 Å². The van der Waals surface area contributed by atoms with Crippen molar-refractivity contribution in [3.05, 3.63) is 79.9 Å². The summed E-state index contributed by atoms with van der Waals surface area (Å²) in [5, 5.41) is 21.6. The normalized spacial score (nSPS) is 13.6. The third kappa shape index (κ3) is 6.59. The largest absolute Gasteiger partial charge is 0.377 e. The molecular weight excluding hydrogens is 404 g/mol. The maximum atomic E-state index is 11.7. The van der Waals surface area contributed by atoms with E-state index >= 15 is 0 Å². The quantitative estimate of drug-likeness (QED) is 0.320. The van der Waals surface area contributed by atoms with Crippen molar-refractivity contribution >= 4 is 21.5 Å². The molecule has 2 rings (SSSR count). The van der Waals surface area contributed by atoms with E-state index in [4.69, 9.17) is 8.92 Å². The molecule has 156 valence electrons.